The van der Waals surface area contributed by atoms with E-state index in [0.717, 1.165) is 17.1 Å². The summed E-state index contributed by atoms with van der Waals surface area (Å²) in [7, 11) is 1.64. The molecule has 0 unspecified atom stereocenters. The second-order valence-corrected chi connectivity index (χ2v) is 4.25. The zero-order valence-electron chi connectivity index (χ0n) is 8.18. The first-order chi connectivity index (χ1) is 6.68. The van der Waals surface area contributed by atoms with E-state index in [9.17, 15) is 0 Å². The van der Waals surface area contributed by atoms with E-state index < -0.39 is 0 Å². The Bertz CT molecular complexity index is 261. The minimum absolute atomic E-state index is 0.296. The monoisotopic (exact) mass is 213 g/mol. The average molecular weight is 213 g/mol. The summed E-state index contributed by atoms with van der Waals surface area (Å²) in [6, 6.07) is 7.15. The molecule has 2 N–H and O–H groups in total. The lowest BCUT2D eigenvalue weighted by molar-refractivity contribution is -0.0640. The molecule has 0 amide bonds. The Hall–Kier alpha value is -0.710. The number of phenols is 1. The van der Waals surface area contributed by atoms with Gasteiger partial charge in [-0.25, -0.2) is 0 Å². The van der Waals surface area contributed by atoms with Crippen LogP contribution in [0.15, 0.2) is 29.2 Å². The van der Waals surface area contributed by atoms with Crippen LogP contribution in [0.2, 0.25) is 0 Å². The quantitative estimate of drug-likeness (QED) is 0.447. The Labute approximate surface area is 88.3 Å². The predicted octanol–water partition coefficient (Wildman–Crippen LogP) is 2.20. The number of thioether (sulfide) groups is 1. The maximum atomic E-state index is 9.05. The zero-order valence-corrected chi connectivity index (χ0v) is 9.00. The summed E-state index contributed by atoms with van der Waals surface area (Å²) < 4.78 is 0. The van der Waals surface area contributed by atoms with Gasteiger partial charge in [0, 0.05) is 18.5 Å². The van der Waals surface area contributed by atoms with Crippen LogP contribution in [-0.4, -0.2) is 34.7 Å². The van der Waals surface area contributed by atoms with Gasteiger partial charge in [-0.3, -0.25) is 0 Å². The van der Waals surface area contributed by atoms with E-state index in [-0.39, 0.29) is 0 Å². The number of nitrogens with zero attached hydrogens (tertiary/aromatic N) is 1. The Morgan fingerprint density at radius 2 is 1.93 bits per heavy atom. The fraction of sp³-hybridized carbons (Fsp3) is 0.400. The highest BCUT2D eigenvalue weighted by Crippen LogP contribution is 2.21. The largest absolute Gasteiger partial charge is 0.508 e. The van der Waals surface area contributed by atoms with E-state index in [4.69, 9.17) is 10.3 Å². The van der Waals surface area contributed by atoms with Gasteiger partial charge in [-0.15, -0.1) is 11.8 Å². The van der Waals surface area contributed by atoms with Crippen LogP contribution in [0.5, 0.6) is 5.75 Å². The van der Waals surface area contributed by atoms with Gasteiger partial charge in [-0.1, -0.05) is 0 Å². The Morgan fingerprint density at radius 1 is 1.29 bits per heavy atom. The smallest absolute Gasteiger partial charge is 0.115 e. The highest BCUT2D eigenvalue weighted by molar-refractivity contribution is 7.99. The number of phenolic OH excluding ortho intramolecular Hbond substituents is 1. The molecule has 0 spiro atoms. The van der Waals surface area contributed by atoms with Crippen molar-refractivity contribution in [1.29, 1.82) is 0 Å². The van der Waals surface area contributed by atoms with Gasteiger partial charge < -0.3 is 10.3 Å². The summed E-state index contributed by atoms with van der Waals surface area (Å²) in [5.41, 5.74) is 0. The van der Waals surface area contributed by atoms with Gasteiger partial charge in [0.2, 0.25) is 0 Å². The SMILES string of the molecule is CN(O)CCCSc1ccc(O)cc1. The number of hydrogen-bond acceptors (Lipinski definition) is 4. The Balaban J connectivity index is 2.21. The summed E-state index contributed by atoms with van der Waals surface area (Å²) in [6.45, 7) is 0.686. The average Bonchev–Trinajstić information content (AvgIpc) is 2.15. The Kier molecular flexibility index (Phi) is 4.79. The molecular weight excluding hydrogens is 198 g/mol. The number of rotatable bonds is 5. The van der Waals surface area contributed by atoms with Gasteiger partial charge in [0.1, 0.15) is 5.75 Å². The molecule has 1 aromatic rings. The summed E-state index contributed by atoms with van der Waals surface area (Å²) in [5, 5.41) is 19.1. The lowest BCUT2D eigenvalue weighted by Gasteiger charge is -2.06. The van der Waals surface area contributed by atoms with Gasteiger partial charge in [-0.2, -0.15) is 5.06 Å². The van der Waals surface area contributed by atoms with Gasteiger partial charge in [0.15, 0.2) is 0 Å². The van der Waals surface area contributed by atoms with Crippen LogP contribution in [0.4, 0.5) is 0 Å². The van der Waals surface area contributed by atoms with Crippen molar-refractivity contribution < 1.29 is 10.3 Å². The van der Waals surface area contributed by atoms with Crippen molar-refractivity contribution in [3.63, 3.8) is 0 Å². The standard InChI is InChI=1S/C10H15NO2S/c1-11(13)7-2-8-14-10-5-3-9(12)4-6-10/h3-6,12-13H,2,7-8H2,1H3. The molecule has 0 saturated heterocycles. The molecule has 78 valence electrons. The van der Waals surface area contributed by atoms with Crippen molar-refractivity contribution in [2.24, 2.45) is 0 Å². The molecule has 0 heterocycles. The lowest BCUT2D eigenvalue weighted by Crippen LogP contribution is -2.14. The summed E-state index contributed by atoms with van der Waals surface area (Å²) in [6.07, 6.45) is 0.943. The van der Waals surface area contributed by atoms with Gasteiger partial charge in [-0.05, 0) is 36.4 Å². The van der Waals surface area contributed by atoms with E-state index in [2.05, 4.69) is 0 Å². The molecule has 0 aliphatic carbocycles. The maximum absolute atomic E-state index is 9.05. The first-order valence-electron chi connectivity index (χ1n) is 4.50. The van der Waals surface area contributed by atoms with Crippen LogP contribution < -0.4 is 0 Å². The first kappa shape index (κ1) is 11.4. The van der Waals surface area contributed by atoms with Crippen molar-refractivity contribution in [2.75, 3.05) is 19.3 Å². The van der Waals surface area contributed by atoms with Gasteiger partial charge >= 0.3 is 0 Å². The molecule has 3 nitrogen and oxygen atoms in total. The van der Waals surface area contributed by atoms with E-state index in [0.29, 0.717) is 12.3 Å². The van der Waals surface area contributed by atoms with Crippen molar-refractivity contribution in [2.45, 2.75) is 11.3 Å². The van der Waals surface area contributed by atoms with Crippen LogP contribution in [0.3, 0.4) is 0 Å². The Morgan fingerprint density at radius 3 is 2.50 bits per heavy atom. The highest BCUT2D eigenvalue weighted by atomic mass is 32.2. The summed E-state index contributed by atoms with van der Waals surface area (Å²) >= 11 is 1.72. The summed E-state index contributed by atoms with van der Waals surface area (Å²) in [5.74, 6) is 1.26. The molecule has 0 radical (unpaired) electrons. The molecule has 1 rings (SSSR count). The van der Waals surface area contributed by atoms with Crippen LogP contribution in [-0.2, 0) is 0 Å². The van der Waals surface area contributed by atoms with Crippen LogP contribution in [0.1, 0.15) is 6.42 Å². The van der Waals surface area contributed by atoms with Crippen LogP contribution >= 0.6 is 11.8 Å². The minimum Gasteiger partial charge on any atom is -0.508 e. The van der Waals surface area contributed by atoms with E-state index in [1.165, 1.54) is 5.06 Å². The van der Waals surface area contributed by atoms with E-state index in [1.54, 1.807) is 30.9 Å². The molecule has 0 atom stereocenters. The fourth-order valence-electron chi connectivity index (χ4n) is 1.03. The minimum atomic E-state index is 0.296. The van der Waals surface area contributed by atoms with Crippen molar-refractivity contribution in [1.82, 2.24) is 5.06 Å². The molecule has 0 saturated carbocycles. The predicted molar refractivity (Wildman–Crippen MR) is 57.9 cm³/mol. The molecule has 0 aliphatic rings. The van der Waals surface area contributed by atoms with Crippen LogP contribution in [0, 0.1) is 0 Å². The highest BCUT2D eigenvalue weighted by Gasteiger charge is 1.95. The molecule has 4 heteroatoms. The molecular formula is C10H15NO2S. The lowest BCUT2D eigenvalue weighted by atomic mass is 10.3. The third-order valence-electron chi connectivity index (χ3n) is 1.73. The third kappa shape index (κ3) is 4.50. The first-order valence-corrected chi connectivity index (χ1v) is 5.49. The maximum Gasteiger partial charge on any atom is 0.115 e. The second-order valence-electron chi connectivity index (χ2n) is 3.08. The second kappa shape index (κ2) is 5.90. The zero-order chi connectivity index (χ0) is 10.4. The topological polar surface area (TPSA) is 43.7 Å². The molecule has 0 aliphatic heterocycles. The normalized spacial score (nSPS) is 10.8. The molecule has 14 heavy (non-hydrogen) atoms. The molecule has 0 aromatic heterocycles. The van der Waals surface area contributed by atoms with Crippen molar-refractivity contribution in [3.8, 4) is 5.75 Å². The number of hydroxylamine groups is 2. The number of aromatic hydroxyl groups is 1. The number of hydrogen-bond donors (Lipinski definition) is 2. The van der Waals surface area contributed by atoms with Gasteiger partial charge in [0.25, 0.3) is 0 Å². The molecule has 1 aromatic carbocycles. The van der Waals surface area contributed by atoms with Crippen LogP contribution in [0.25, 0.3) is 0 Å². The van der Waals surface area contributed by atoms with Gasteiger partial charge in [0.05, 0.1) is 0 Å². The molecule has 0 fully saturated rings. The molecule has 0 bridgehead atoms. The van der Waals surface area contributed by atoms with E-state index in [1.807, 2.05) is 12.1 Å². The van der Waals surface area contributed by atoms with Crippen molar-refractivity contribution >= 4 is 11.8 Å². The summed E-state index contributed by atoms with van der Waals surface area (Å²) in [4.78, 5) is 1.14. The fourth-order valence-corrected chi connectivity index (χ4v) is 1.86. The number of benzene rings is 1. The van der Waals surface area contributed by atoms with Crippen molar-refractivity contribution in [3.05, 3.63) is 24.3 Å². The van der Waals surface area contributed by atoms with E-state index >= 15 is 0 Å². The third-order valence-corrected chi connectivity index (χ3v) is 2.83.